The molecule has 0 aliphatic carbocycles. The van der Waals surface area contributed by atoms with Gasteiger partial charge in [-0.2, -0.15) is 10.2 Å². The van der Waals surface area contributed by atoms with E-state index in [9.17, 15) is 14.9 Å². The number of benzene rings is 2. The Balaban J connectivity index is 1.63. The summed E-state index contributed by atoms with van der Waals surface area (Å²) < 4.78 is 1.59. The molecular formula is C19H17N5O3. The van der Waals surface area contributed by atoms with Gasteiger partial charge in [0.15, 0.2) is 5.69 Å². The zero-order valence-electron chi connectivity index (χ0n) is 14.6. The molecule has 0 atom stereocenters. The lowest BCUT2D eigenvalue weighted by molar-refractivity contribution is -0.384. The summed E-state index contributed by atoms with van der Waals surface area (Å²) in [4.78, 5) is 22.4. The third-order valence-corrected chi connectivity index (χ3v) is 3.88. The second-order valence-corrected chi connectivity index (χ2v) is 5.83. The first-order valence-corrected chi connectivity index (χ1v) is 8.20. The number of carbonyl (C=O) groups is 1. The maximum absolute atomic E-state index is 12.2. The molecule has 0 saturated heterocycles. The Morgan fingerprint density at radius 3 is 2.52 bits per heavy atom. The number of aromatic nitrogens is 2. The molecule has 136 valence electrons. The molecule has 0 aliphatic rings. The van der Waals surface area contributed by atoms with Gasteiger partial charge in [-0.25, -0.2) is 5.43 Å². The van der Waals surface area contributed by atoms with Gasteiger partial charge in [0, 0.05) is 18.3 Å². The number of nitrogens with zero attached hydrogens (tertiary/aromatic N) is 4. The highest BCUT2D eigenvalue weighted by molar-refractivity contribution is 6.00. The van der Waals surface area contributed by atoms with Crippen LogP contribution in [0.4, 0.5) is 5.69 Å². The second kappa shape index (κ2) is 8.05. The summed E-state index contributed by atoms with van der Waals surface area (Å²) in [5.74, 6) is -0.410. The Bertz CT molecular complexity index is 978. The highest BCUT2D eigenvalue weighted by Gasteiger charge is 2.10. The van der Waals surface area contributed by atoms with E-state index in [0.29, 0.717) is 12.3 Å². The number of non-ortho nitro benzene ring substituents is 1. The molecule has 1 aromatic heterocycles. The van der Waals surface area contributed by atoms with Crippen LogP contribution < -0.4 is 5.43 Å². The van der Waals surface area contributed by atoms with Crippen LogP contribution in [-0.4, -0.2) is 26.3 Å². The summed E-state index contributed by atoms with van der Waals surface area (Å²) in [5.41, 5.74) is 5.21. The molecule has 0 radical (unpaired) electrons. The maximum Gasteiger partial charge on any atom is 0.291 e. The summed E-state index contributed by atoms with van der Waals surface area (Å²) in [6, 6.07) is 17.3. The van der Waals surface area contributed by atoms with Crippen molar-refractivity contribution < 1.29 is 9.72 Å². The average Bonchev–Trinajstić information content (AvgIpc) is 3.15. The van der Waals surface area contributed by atoms with E-state index in [1.165, 1.54) is 12.1 Å². The summed E-state index contributed by atoms with van der Waals surface area (Å²) in [6.45, 7) is 2.21. The summed E-state index contributed by atoms with van der Waals surface area (Å²) in [7, 11) is 0. The standard InChI is InChI=1S/C19H17N5O3/c1-14(16-5-3-2-4-6-16)20-21-19(25)18-11-12-23(22-18)13-15-7-9-17(10-8-15)24(26)27/h2-12H,13H2,1H3,(H,21,25)/b20-14+. The van der Waals surface area contributed by atoms with Gasteiger partial charge in [-0.1, -0.05) is 42.5 Å². The molecule has 0 fully saturated rings. The molecule has 1 amide bonds. The normalized spacial score (nSPS) is 11.2. The van der Waals surface area contributed by atoms with Crippen LogP contribution in [0.2, 0.25) is 0 Å². The van der Waals surface area contributed by atoms with Gasteiger partial charge < -0.3 is 0 Å². The highest BCUT2D eigenvalue weighted by atomic mass is 16.6. The first-order valence-electron chi connectivity index (χ1n) is 8.20. The number of carbonyl (C=O) groups excluding carboxylic acids is 1. The fraction of sp³-hybridized carbons (Fsp3) is 0.105. The lowest BCUT2D eigenvalue weighted by atomic mass is 10.1. The molecule has 8 nitrogen and oxygen atoms in total. The molecule has 27 heavy (non-hydrogen) atoms. The van der Waals surface area contributed by atoms with Crippen molar-refractivity contribution in [3.63, 3.8) is 0 Å². The van der Waals surface area contributed by atoms with Gasteiger partial charge in [-0.15, -0.1) is 0 Å². The van der Waals surface area contributed by atoms with E-state index in [0.717, 1.165) is 11.1 Å². The van der Waals surface area contributed by atoms with Crippen molar-refractivity contribution in [1.29, 1.82) is 0 Å². The molecule has 0 saturated carbocycles. The largest absolute Gasteiger partial charge is 0.291 e. The Kier molecular flexibility index (Phi) is 5.36. The molecular weight excluding hydrogens is 346 g/mol. The maximum atomic E-state index is 12.2. The number of rotatable bonds is 6. The minimum Gasteiger partial charge on any atom is -0.268 e. The topological polar surface area (TPSA) is 102 Å². The van der Waals surface area contributed by atoms with E-state index in [1.807, 2.05) is 37.3 Å². The summed E-state index contributed by atoms with van der Waals surface area (Å²) in [5, 5.41) is 19.0. The van der Waals surface area contributed by atoms with Crippen LogP contribution in [0.15, 0.2) is 72.0 Å². The Morgan fingerprint density at radius 2 is 1.85 bits per heavy atom. The SMILES string of the molecule is C/C(=N\NC(=O)c1ccn(Cc2ccc([N+](=O)[O-])cc2)n1)c1ccccc1. The molecule has 2 aromatic carbocycles. The fourth-order valence-corrected chi connectivity index (χ4v) is 2.42. The number of hydrazone groups is 1. The van der Waals surface area contributed by atoms with Gasteiger partial charge in [-0.3, -0.25) is 19.6 Å². The molecule has 8 heteroatoms. The van der Waals surface area contributed by atoms with E-state index in [4.69, 9.17) is 0 Å². The molecule has 1 N–H and O–H groups in total. The van der Waals surface area contributed by atoms with E-state index in [1.54, 1.807) is 29.1 Å². The number of hydrogen-bond acceptors (Lipinski definition) is 5. The van der Waals surface area contributed by atoms with Crippen LogP contribution >= 0.6 is 0 Å². The number of nitro groups is 1. The molecule has 3 aromatic rings. The zero-order chi connectivity index (χ0) is 19.2. The molecule has 3 rings (SSSR count). The van der Waals surface area contributed by atoms with Crippen LogP contribution in [-0.2, 0) is 6.54 Å². The Morgan fingerprint density at radius 1 is 1.15 bits per heavy atom. The number of hydrogen-bond donors (Lipinski definition) is 1. The van der Waals surface area contributed by atoms with Crippen LogP contribution in [0.1, 0.15) is 28.5 Å². The van der Waals surface area contributed by atoms with Gasteiger partial charge in [0.25, 0.3) is 11.6 Å². The molecule has 0 spiro atoms. The van der Waals surface area contributed by atoms with Gasteiger partial charge in [0.05, 0.1) is 17.2 Å². The van der Waals surface area contributed by atoms with Crippen LogP contribution in [0.3, 0.4) is 0 Å². The van der Waals surface area contributed by atoms with Gasteiger partial charge in [-0.05, 0) is 24.1 Å². The minimum atomic E-state index is -0.446. The van der Waals surface area contributed by atoms with Crippen molar-refractivity contribution in [3.05, 3.63) is 93.8 Å². The zero-order valence-corrected chi connectivity index (χ0v) is 14.6. The second-order valence-electron chi connectivity index (χ2n) is 5.83. The van der Waals surface area contributed by atoms with Gasteiger partial charge in [0.1, 0.15) is 0 Å². The third kappa shape index (κ3) is 4.63. The van der Waals surface area contributed by atoms with Crippen molar-refractivity contribution in [3.8, 4) is 0 Å². The quantitative estimate of drug-likeness (QED) is 0.413. The lowest BCUT2D eigenvalue weighted by Gasteiger charge is -2.02. The van der Waals surface area contributed by atoms with Crippen molar-refractivity contribution in [1.82, 2.24) is 15.2 Å². The first kappa shape index (κ1) is 18.0. The van der Waals surface area contributed by atoms with Crippen molar-refractivity contribution in [2.75, 3.05) is 0 Å². The van der Waals surface area contributed by atoms with Crippen LogP contribution in [0, 0.1) is 10.1 Å². The lowest BCUT2D eigenvalue weighted by Crippen LogP contribution is -2.20. The van der Waals surface area contributed by atoms with Crippen LogP contribution in [0.5, 0.6) is 0 Å². The van der Waals surface area contributed by atoms with E-state index >= 15 is 0 Å². The highest BCUT2D eigenvalue weighted by Crippen LogP contribution is 2.12. The van der Waals surface area contributed by atoms with E-state index < -0.39 is 10.8 Å². The molecule has 1 heterocycles. The minimum absolute atomic E-state index is 0.0333. The van der Waals surface area contributed by atoms with Gasteiger partial charge >= 0.3 is 0 Å². The first-order chi connectivity index (χ1) is 13.0. The number of nitrogens with one attached hydrogen (secondary N) is 1. The average molecular weight is 363 g/mol. The molecule has 0 bridgehead atoms. The predicted molar refractivity (Wildman–Crippen MR) is 101 cm³/mol. The van der Waals surface area contributed by atoms with E-state index in [2.05, 4.69) is 15.6 Å². The number of amides is 1. The Labute approximate surface area is 155 Å². The van der Waals surface area contributed by atoms with Crippen molar-refractivity contribution in [2.45, 2.75) is 13.5 Å². The smallest absolute Gasteiger partial charge is 0.268 e. The summed E-state index contributed by atoms with van der Waals surface area (Å²) >= 11 is 0. The Hall–Kier alpha value is -3.81. The predicted octanol–water partition coefficient (Wildman–Crippen LogP) is 2.99. The summed E-state index contributed by atoms with van der Waals surface area (Å²) in [6.07, 6.45) is 1.67. The third-order valence-electron chi connectivity index (χ3n) is 3.88. The van der Waals surface area contributed by atoms with Crippen LogP contribution in [0.25, 0.3) is 0 Å². The molecule has 0 unspecified atom stereocenters. The van der Waals surface area contributed by atoms with E-state index in [-0.39, 0.29) is 11.4 Å². The monoisotopic (exact) mass is 363 g/mol. The molecule has 0 aliphatic heterocycles. The van der Waals surface area contributed by atoms with Gasteiger partial charge in [0.2, 0.25) is 0 Å². The van der Waals surface area contributed by atoms with Crippen molar-refractivity contribution in [2.24, 2.45) is 5.10 Å². The van der Waals surface area contributed by atoms with Crippen molar-refractivity contribution >= 4 is 17.3 Å². The number of nitro benzene ring substituents is 1. The fourth-order valence-electron chi connectivity index (χ4n) is 2.42.